The van der Waals surface area contributed by atoms with Crippen LogP contribution in [0.25, 0.3) is 5.69 Å². The lowest BCUT2D eigenvalue weighted by Gasteiger charge is -2.19. The predicted molar refractivity (Wildman–Crippen MR) is 78.2 cm³/mol. The summed E-state index contributed by atoms with van der Waals surface area (Å²) in [6.45, 7) is 5.38. The first-order chi connectivity index (χ1) is 9.28. The molecule has 0 aliphatic carbocycles. The first-order valence-corrected chi connectivity index (χ1v) is 6.48. The molecule has 2 rings (SSSR count). The third kappa shape index (κ3) is 3.11. The fourth-order valence-corrected chi connectivity index (χ4v) is 1.85. The molecular weight excluding hydrogens is 278 g/mol. The lowest BCUT2D eigenvalue weighted by molar-refractivity contribution is 0.00708. The Balaban J connectivity index is 2.34. The summed E-state index contributed by atoms with van der Waals surface area (Å²) in [5.74, 6) is -0.273. The van der Waals surface area contributed by atoms with Gasteiger partial charge in [0.2, 0.25) is 0 Å². The predicted octanol–water partition coefficient (Wildman–Crippen LogP) is 3.06. The number of carbonyl (C=O) groups is 1. The van der Waals surface area contributed by atoms with Crippen LogP contribution >= 0.6 is 11.6 Å². The van der Waals surface area contributed by atoms with E-state index in [1.165, 1.54) is 10.9 Å². The summed E-state index contributed by atoms with van der Waals surface area (Å²) in [4.78, 5) is 12.0. The topological polar surface area (TPSA) is 70.1 Å². The maximum absolute atomic E-state index is 12.0. The third-order valence-corrected chi connectivity index (χ3v) is 2.71. The molecule has 2 N–H and O–H groups in total. The monoisotopic (exact) mass is 293 g/mol. The lowest BCUT2D eigenvalue weighted by atomic mass is 10.2. The molecule has 1 aromatic heterocycles. The number of rotatable bonds is 2. The van der Waals surface area contributed by atoms with Crippen LogP contribution in [0.3, 0.4) is 0 Å². The molecule has 5 nitrogen and oxygen atoms in total. The van der Waals surface area contributed by atoms with E-state index >= 15 is 0 Å². The Kier molecular flexibility index (Phi) is 3.72. The van der Waals surface area contributed by atoms with Crippen LogP contribution in [0, 0.1) is 0 Å². The fraction of sp³-hybridized carbons (Fsp3) is 0.286. The molecule has 1 heterocycles. The van der Waals surface area contributed by atoms with Gasteiger partial charge in [0.15, 0.2) is 0 Å². The van der Waals surface area contributed by atoms with Gasteiger partial charge in [0.25, 0.3) is 0 Å². The molecule has 0 bridgehead atoms. The molecule has 0 atom stereocenters. The average molecular weight is 294 g/mol. The van der Waals surface area contributed by atoms with Gasteiger partial charge in [-0.25, -0.2) is 9.48 Å². The van der Waals surface area contributed by atoms with E-state index in [1.807, 2.05) is 0 Å². The van der Waals surface area contributed by atoms with Gasteiger partial charge in [-0.2, -0.15) is 5.10 Å². The van der Waals surface area contributed by atoms with Crippen molar-refractivity contribution < 1.29 is 9.53 Å². The number of esters is 1. The van der Waals surface area contributed by atoms with Gasteiger partial charge >= 0.3 is 5.97 Å². The summed E-state index contributed by atoms with van der Waals surface area (Å²) in [6, 6.07) is 7.04. The van der Waals surface area contributed by atoms with Crippen molar-refractivity contribution >= 4 is 23.4 Å². The van der Waals surface area contributed by atoms with Crippen LogP contribution in [0.2, 0.25) is 5.02 Å². The second kappa shape index (κ2) is 5.17. The second-order valence-electron chi connectivity index (χ2n) is 5.34. The van der Waals surface area contributed by atoms with Gasteiger partial charge in [0.1, 0.15) is 17.0 Å². The first kappa shape index (κ1) is 14.4. The van der Waals surface area contributed by atoms with E-state index < -0.39 is 11.6 Å². The van der Waals surface area contributed by atoms with E-state index in [-0.39, 0.29) is 11.4 Å². The van der Waals surface area contributed by atoms with Crippen molar-refractivity contribution in [1.82, 2.24) is 9.78 Å². The summed E-state index contributed by atoms with van der Waals surface area (Å²) < 4.78 is 6.73. The fourth-order valence-electron chi connectivity index (χ4n) is 1.66. The zero-order valence-electron chi connectivity index (χ0n) is 11.6. The first-order valence-electron chi connectivity index (χ1n) is 6.11. The minimum atomic E-state index is -0.582. The number of carbonyl (C=O) groups excluding carboxylic acids is 1. The molecule has 106 valence electrons. The summed E-state index contributed by atoms with van der Waals surface area (Å²) in [5.41, 5.74) is 6.30. The molecule has 0 aliphatic rings. The van der Waals surface area contributed by atoms with Crippen molar-refractivity contribution in [3.05, 3.63) is 41.0 Å². The highest BCUT2D eigenvalue weighted by Crippen LogP contribution is 2.22. The summed E-state index contributed by atoms with van der Waals surface area (Å²) in [5, 5.41) is 4.68. The standard InChI is InChI=1S/C14H16ClN3O2/c1-14(2,3)20-13(19)11-8-17-18(12(11)16)10-6-4-5-9(15)7-10/h4-8H,16H2,1-3H3. The van der Waals surface area contributed by atoms with E-state index in [1.54, 1.807) is 45.0 Å². The second-order valence-corrected chi connectivity index (χ2v) is 5.77. The van der Waals surface area contributed by atoms with Crippen LogP contribution in [-0.4, -0.2) is 21.4 Å². The maximum atomic E-state index is 12.0. The van der Waals surface area contributed by atoms with E-state index in [0.717, 1.165) is 0 Å². The number of benzene rings is 1. The van der Waals surface area contributed by atoms with Crippen molar-refractivity contribution in [3.63, 3.8) is 0 Å². The SMILES string of the molecule is CC(C)(C)OC(=O)c1cnn(-c2cccc(Cl)c2)c1N. The van der Waals surface area contributed by atoms with Crippen molar-refractivity contribution in [2.45, 2.75) is 26.4 Å². The third-order valence-electron chi connectivity index (χ3n) is 2.48. The molecule has 2 aromatic rings. The molecule has 0 saturated carbocycles. The van der Waals surface area contributed by atoms with Gasteiger partial charge in [-0.15, -0.1) is 0 Å². The zero-order chi connectivity index (χ0) is 14.9. The van der Waals surface area contributed by atoms with Gasteiger partial charge in [0.05, 0.1) is 11.9 Å². The number of nitrogens with zero attached hydrogens (tertiary/aromatic N) is 2. The summed E-state index contributed by atoms with van der Waals surface area (Å²) in [6.07, 6.45) is 1.39. The summed E-state index contributed by atoms with van der Waals surface area (Å²) >= 11 is 5.93. The quantitative estimate of drug-likeness (QED) is 0.864. The van der Waals surface area contributed by atoms with Crippen LogP contribution in [-0.2, 0) is 4.74 Å². The van der Waals surface area contributed by atoms with E-state index in [9.17, 15) is 4.79 Å². The Morgan fingerprint density at radius 3 is 2.70 bits per heavy atom. The molecule has 0 fully saturated rings. The molecular formula is C14H16ClN3O2. The van der Waals surface area contributed by atoms with Crippen LogP contribution in [0.1, 0.15) is 31.1 Å². The Morgan fingerprint density at radius 2 is 2.10 bits per heavy atom. The molecule has 20 heavy (non-hydrogen) atoms. The number of nitrogen functional groups attached to an aromatic ring is 1. The molecule has 1 aromatic carbocycles. The Labute approximate surface area is 122 Å². The van der Waals surface area contributed by atoms with E-state index in [4.69, 9.17) is 22.1 Å². The van der Waals surface area contributed by atoms with Gasteiger partial charge in [-0.3, -0.25) is 0 Å². The number of anilines is 1. The van der Waals surface area contributed by atoms with Gasteiger partial charge < -0.3 is 10.5 Å². The molecule has 0 saturated heterocycles. The van der Waals surface area contributed by atoms with Gasteiger partial charge in [-0.05, 0) is 39.0 Å². The van der Waals surface area contributed by atoms with Crippen LogP contribution < -0.4 is 5.73 Å². The number of nitrogens with two attached hydrogens (primary N) is 1. The Bertz CT molecular complexity index is 644. The molecule has 0 aliphatic heterocycles. The maximum Gasteiger partial charge on any atom is 0.344 e. The average Bonchev–Trinajstić information content (AvgIpc) is 2.69. The van der Waals surface area contributed by atoms with Gasteiger partial charge in [-0.1, -0.05) is 17.7 Å². The smallest absolute Gasteiger partial charge is 0.344 e. The van der Waals surface area contributed by atoms with Crippen LogP contribution in [0.5, 0.6) is 0 Å². The number of ether oxygens (including phenoxy) is 1. The highest BCUT2D eigenvalue weighted by Gasteiger charge is 2.22. The summed E-state index contributed by atoms with van der Waals surface area (Å²) in [7, 11) is 0. The molecule has 0 spiro atoms. The van der Waals surface area contributed by atoms with Crippen LogP contribution in [0.4, 0.5) is 5.82 Å². The number of aromatic nitrogens is 2. The highest BCUT2D eigenvalue weighted by atomic mass is 35.5. The Hall–Kier alpha value is -2.01. The Morgan fingerprint density at radius 1 is 1.40 bits per heavy atom. The van der Waals surface area contributed by atoms with E-state index in [0.29, 0.717) is 10.7 Å². The van der Waals surface area contributed by atoms with Crippen molar-refractivity contribution in [3.8, 4) is 5.69 Å². The minimum absolute atomic E-state index is 0.224. The zero-order valence-corrected chi connectivity index (χ0v) is 12.3. The lowest BCUT2D eigenvalue weighted by Crippen LogP contribution is -2.24. The number of hydrogen-bond donors (Lipinski definition) is 1. The molecule has 0 amide bonds. The van der Waals surface area contributed by atoms with Crippen LogP contribution in [0.15, 0.2) is 30.5 Å². The van der Waals surface area contributed by atoms with Crippen molar-refractivity contribution in [2.75, 3.05) is 5.73 Å². The minimum Gasteiger partial charge on any atom is -0.456 e. The van der Waals surface area contributed by atoms with Crippen molar-refractivity contribution in [1.29, 1.82) is 0 Å². The largest absolute Gasteiger partial charge is 0.456 e. The number of halogens is 1. The molecule has 0 radical (unpaired) electrons. The normalized spacial score (nSPS) is 11.4. The molecule has 0 unspecified atom stereocenters. The van der Waals surface area contributed by atoms with E-state index in [2.05, 4.69) is 5.10 Å². The highest BCUT2D eigenvalue weighted by molar-refractivity contribution is 6.30. The van der Waals surface area contributed by atoms with Gasteiger partial charge in [0, 0.05) is 5.02 Å². The van der Waals surface area contributed by atoms with Crippen molar-refractivity contribution in [2.24, 2.45) is 0 Å². The molecule has 6 heteroatoms. The number of hydrogen-bond acceptors (Lipinski definition) is 4.